The summed E-state index contributed by atoms with van der Waals surface area (Å²) >= 11 is 1.77. The van der Waals surface area contributed by atoms with E-state index in [1.807, 2.05) is 24.3 Å². The Labute approximate surface area is 153 Å². The molecular weight excluding hydrogens is 330 g/mol. The summed E-state index contributed by atoms with van der Waals surface area (Å²) in [5.41, 5.74) is 2.37. The molecule has 0 aliphatic carbocycles. The van der Waals surface area contributed by atoms with Gasteiger partial charge in [-0.25, -0.2) is 0 Å². The van der Waals surface area contributed by atoms with Crippen LogP contribution in [0.2, 0.25) is 0 Å². The van der Waals surface area contributed by atoms with Crippen LogP contribution < -0.4 is 4.74 Å². The van der Waals surface area contributed by atoms with Gasteiger partial charge in [0.1, 0.15) is 5.75 Å². The lowest BCUT2D eigenvalue weighted by Gasteiger charge is -2.10. The number of rotatable bonds is 8. The highest BCUT2D eigenvalue weighted by atomic mass is 32.2. The highest BCUT2D eigenvalue weighted by Crippen LogP contribution is 2.30. The number of ether oxygens (including phenoxy) is 1. The van der Waals surface area contributed by atoms with Gasteiger partial charge in [0.15, 0.2) is 11.0 Å². The Hall–Kier alpha value is -2.27. The monoisotopic (exact) mass is 353 g/mol. The second-order valence-electron chi connectivity index (χ2n) is 5.69. The highest BCUT2D eigenvalue weighted by molar-refractivity contribution is 7.99. The molecule has 0 aliphatic heterocycles. The van der Waals surface area contributed by atoms with E-state index in [0.717, 1.165) is 47.4 Å². The van der Waals surface area contributed by atoms with Crippen molar-refractivity contribution >= 4 is 11.8 Å². The van der Waals surface area contributed by atoms with Gasteiger partial charge in [-0.2, -0.15) is 0 Å². The highest BCUT2D eigenvalue weighted by Gasteiger charge is 2.16. The zero-order valence-electron chi connectivity index (χ0n) is 14.7. The van der Waals surface area contributed by atoms with Crippen molar-refractivity contribution in [2.45, 2.75) is 31.5 Å². The van der Waals surface area contributed by atoms with E-state index in [-0.39, 0.29) is 0 Å². The largest absolute Gasteiger partial charge is 0.496 e. The lowest BCUT2D eigenvalue weighted by atomic mass is 10.1. The van der Waals surface area contributed by atoms with Crippen LogP contribution in [0.1, 0.15) is 18.9 Å². The van der Waals surface area contributed by atoms with Crippen LogP contribution in [-0.2, 0) is 13.0 Å². The van der Waals surface area contributed by atoms with Gasteiger partial charge in [-0.3, -0.25) is 0 Å². The third kappa shape index (κ3) is 4.23. The molecule has 0 spiro atoms. The van der Waals surface area contributed by atoms with E-state index >= 15 is 0 Å². The molecule has 0 fully saturated rings. The standard InChI is InChI=1S/C20H23N3OS/c1-3-23-19(17-13-7-8-14-18(17)24-2)21-22-20(23)25-15-9-12-16-10-5-4-6-11-16/h4-8,10-11,13-14H,3,9,12,15H2,1-2H3. The summed E-state index contributed by atoms with van der Waals surface area (Å²) < 4.78 is 7.63. The number of para-hydroxylation sites is 1. The van der Waals surface area contributed by atoms with E-state index in [9.17, 15) is 0 Å². The van der Waals surface area contributed by atoms with Gasteiger partial charge in [-0.1, -0.05) is 54.2 Å². The molecule has 3 aromatic rings. The molecular formula is C20H23N3OS. The van der Waals surface area contributed by atoms with Crippen molar-refractivity contribution in [3.8, 4) is 17.1 Å². The first-order chi connectivity index (χ1) is 12.3. The third-order valence-corrected chi connectivity index (χ3v) is 5.12. The van der Waals surface area contributed by atoms with Crippen LogP contribution in [0.25, 0.3) is 11.4 Å². The minimum atomic E-state index is 0.824. The maximum atomic E-state index is 5.47. The molecule has 25 heavy (non-hydrogen) atoms. The van der Waals surface area contributed by atoms with Crippen molar-refractivity contribution in [1.82, 2.24) is 14.8 Å². The van der Waals surface area contributed by atoms with Gasteiger partial charge in [0.05, 0.1) is 12.7 Å². The first-order valence-electron chi connectivity index (χ1n) is 8.56. The summed E-state index contributed by atoms with van der Waals surface area (Å²) in [6.07, 6.45) is 2.21. The van der Waals surface area contributed by atoms with Crippen LogP contribution in [0.4, 0.5) is 0 Å². The number of hydrogen-bond acceptors (Lipinski definition) is 4. The van der Waals surface area contributed by atoms with Gasteiger partial charge in [-0.15, -0.1) is 10.2 Å². The molecule has 4 nitrogen and oxygen atoms in total. The topological polar surface area (TPSA) is 39.9 Å². The van der Waals surface area contributed by atoms with Crippen LogP contribution in [0.15, 0.2) is 59.8 Å². The van der Waals surface area contributed by atoms with E-state index in [1.54, 1.807) is 18.9 Å². The third-order valence-electron chi connectivity index (χ3n) is 4.06. The fourth-order valence-corrected chi connectivity index (χ4v) is 3.73. The molecule has 2 aromatic carbocycles. The van der Waals surface area contributed by atoms with Gasteiger partial charge < -0.3 is 9.30 Å². The quantitative estimate of drug-likeness (QED) is 0.435. The minimum Gasteiger partial charge on any atom is -0.496 e. The molecule has 0 saturated carbocycles. The summed E-state index contributed by atoms with van der Waals surface area (Å²) in [5.74, 6) is 2.72. The Morgan fingerprint density at radius 1 is 1.00 bits per heavy atom. The summed E-state index contributed by atoms with van der Waals surface area (Å²) in [5, 5.41) is 9.79. The molecule has 0 radical (unpaired) electrons. The average Bonchev–Trinajstić information content (AvgIpc) is 3.08. The second-order valence-corrected chi connectivity index (χ2v) is 6.75. The molecule has 0 N–H and O–H groups in total. The first-order valence-corrected chi connectivity index (χ1v) is 9.55. The van der Waals surface area contributed by atoms with Crippen LogP contribution in [0, 0.1) is 0 Å². The summed E-state index contributed by atoms with van der Waals surface area (Å²) in [4.78, 5) is 0. The van der Waals surface area contributed by atoms with Gasteiger partial charge >= 0.3 is 0 Å². The molecule has 0 amide bonds. The minimum absolute atomic E-state index is 0.824. The zero-order valence-corrected chi connectivity index (χ0v) is 15.5. The number of methoxy groups -OCH3 is 1. The van der Waals surface area contributed by atoms with E-state index in [0.29, 0.717) is 0 Å². The molecule has 0 unspecified atom stereocenters. The zero-order chi connectivity index (χ0) is 17.5. The first kappa shape index (κ1) is 17.5. The molecule has 0 saturated heterocycles. The Morgan fingerprint density at radius 2 is 1.76 bits per heavy atom. The fraction of sp³-hybridized carbons (Fsp3) is 0.300. The lowest BCUT2D eigenvalue weighted by molar-refractivity contribution is 0.416. The molecule has 3 rings (SSSR count). The molecule has 0 aliphatic rings. The van der Waals surface area contributed by atoms with Gasteiger partial charge in [-0.05, 0) is 37.5 Å². The van der Waals surface area contributed by atoms with Crippen molar-refractivity contribution in [3.05, 3.63) is 60.2 Å². The van der Waals surface area contributed by atoms with Crippen LogP contribution >= 0.6 is 11.8 Å². The normalized spacial score (nSPS) is 10.8. The lowest BCUT2D eigenvalue weighted by Crippen LogP contribution is -2.01. The van der Waals surface area contributed by atoms with E-state index in [1.165, 1.54) is 5.56 Å². The van der Waals surface area contributed by atoms with Crippen LogP contribution in [0.5, 0.6) is 5.75 Å². The number of thioether (sulfide) groups is 1. The summed E-state index contributed by atoms with van der Waals surface area (Å²) in [7, 11) is 1.69. The second kappa shape index (κ2) is 8.72. The number of hydrogen-bond donors (Lipinski definition) is 0. The summed E-state index contributed by atoms with van der Waals surface area (Å²) in [6.45, 7) is 2.96. The number of benzene rings is 2. The van der Waals surface area contributed by atoms with Gasteiger partial charge in [0.25, 0.3) is 0 Å². The van der Waals surface area contributed by atoms with Crippen molar-refractivity contribution < 1.29 is 4.74 Å². The summed E-state index contributed by atoms with van der Waals surface area (Å²) in [6, 6.07) is 18.5. The Bertz CT molecular complexity index is 802. The number of aryl methyl sites for hydroxylation is 1. The van der Waals surface area contributed by atoms with E-state index in [4.69, 9.17) is 4.74 Å². The fourth-order valence-electron chi connectivity index (χ4n) is 2.79. The van der Waals surface area contributed by atoms with E-state index < -0.39 is 0 Å². The maximum absolute atomic E-state index is 5.47. The predicted octanol–water partition coefficient (Wildman–Crippen LogP) is 4.70. The van der Waals surface area contributed by atoms with Crippen molar-refractivity contribution in [3.63, 3.8) is 0 Å². The average molecular weight is 353 g/mol. The maximum Gasteiger partial charge on any atom is 0.191 e. The number of nitrogens with zero attached hydrogens (tertiary/aromatic N) is 3. The van der Waals surface area contributed by atoms with Gasteiger partial charge in [0, 0.05) is 12.3 Å². The smallest absolute Gasteiger partial charge is 0.191 e. The van der Waals surface area contributed by atoms with Crippen LogP contribution in [0.3, 0.4) is 0 Å². The van der Waals surface area contributed by atoms with Gasteiger partial charge in [0.2, 0.25) is 0 Å². The Morgan fingerprint density at radius 3 is 2.52 bits per heavy atom. The van der Waals surface area contributed by atoms with Crippen molar-refractivity contribution in [2.24, 2.45) is 0 Å². The van der Waals surface area contributed by atoms with E-state index in [2.05, 4.69) is 52.0 Å². The predicted molar refractivity (Wildman–Crippen MR) is 103 cm³/mol. The molecule has 5 heteroatoms. The van der Waals surface area contributed by atoms with Crippen molar-refractivity contribution in [2.75, 3.05) is 12.9 Å². The SMILES string of the molecule is CCn1c(SCCCc2ccccc2)nnc1-c1ccccc1OC. The molecule has 1 aromatic heterocycles. The Kier molecular flexibility index (Phi) is 6.12. The van der Waals surface area contributed by atoms with Crippen molar-refractivity contribution in [1.29, 1.82) is 0 Å². The Balaban J connectivity index is 1.68. The molecule has 0 atom stereocenters. The molecule has 1 heterocycles. The number of aromatic nitrogens is 3. The molecule has 0 bridgehead atoms. The molecule has 130 valence electrons. The van der Waals surface area contributed by atoms with Crippen LogP contribution in [-0.4, -0.2) is 27.6 Å².